The SMILES string of the molecule is CN(CCNC(=O)COc1ccc(F)cc1)c1ccc(Cl)cc1. The predicted molar refractivity (Wildman–Crippen MR) is 89.6 cm³/mol. The smallest absolute Gasteiger partial charge is 0.258 e. The van der Waals surface area contributed by atoms with Gasteiger partial charge in [-0.2, -0.15) is 0 Å². The molecule has 1 amide bonds. The molecule has 122 valence electrons. The van der Waals surface area contributed by atoms with Crippen LogP contribution in [0.5, 0.6) is 5.75 Å². The van der Waals surface area contributed by atoms with Gasteiger partial charge in [0, 0.05) is 30.8 Å². The van der Waals surface area contributed by atoms with Crippen LogP contribution in [0.1, 0.15) is 0 Å². The second-order valence-electron chi connectivity index (χ2n) is 4.99. The molecule has 0 atom stereocenters. The van der Waals surface area contributed by atoms with E-state index >= 15 is 0 Å². The van der Waals surface area contributed by atoms with Crippen molar-refractivity contribution < 1.29 is 13.9 Å². The van der Waals surface area contributed by atoms with Crippen molar-refractivity contribution in [3.8, 4) is 5.75 Å². The third-order valence-electron chi connectivity index (χ3n) is 3.22. The fourth-order valence-corrected chi connectivity index (χ4v) is 2.04. The van der Waals surface area contributed by atoms with Gasteiger partial charge in [0.15, 0.2) is 6.61 Å². The van der Waals surface area contributed by atoms with E-state index in [1.807, 2.05) is 36.2 Å². The second kappa shape index (κ2) is 8.39. The summed E-state index contributed by atoms with van der Waals surface area (Å²) in [7, 11) is 1.93. The summed E-state index contributed by atoms with van der Waals surface area (Å²) in [6, 6.07) is 13.0. The fourth-order valence-electron chi connectivity index (χ4n) is 1.92. The maximum atomic E-state index is 12.7. The molecule has 0 saturated heterocycles. The molecule has 0 aliphatic rings. The normalized spacial score (nSPS) is 10.2. The number of hydrogen-bond donors (Lipinski definition) is 1. The lowest BCUT2D eigenvalue weighted by atomic mass is 10.3. The summed E-state index contributed by atoms with van der Waals surface area (Å²) in [6.07, 6.45) is 0. The van der Waals surface area contributed by atoms with Crippen LogP contribution >= 0.6 is 11.6 Å². The maximum absolute atomic E-state index is 12.7. The minimum Gasteiger partial charge on any atom is -0.484 e. The fraction of sp³-hybridized carbons (Fsp3) is 0.235. The largest absolute Gasteiger partial charge is 0.484 e. The standard InChI is InChI=1S/C17H18ClFN2O2/c1-21(15-6-2-13(18)3-7-15)11-10-20-17(22)12-23-16-8-4-14(19)5-9-16/h2-9H,10-12H2,1H3,(H,20,22). The molecule has 0 fully saturated rings. The van der Waals surface area contributed by atoms with Gasteiger partial charge in [0.05, 0.1) is 0 Å². The van der Waals surface area contributed by atoms with Crippen LogP contribution in [0.3, 0.4) is 0 Å². The number of hydrogen-bond acceptors (Lipinski definition) is 3. The quantitative estimate of drug-likeness (QED) is 0.844. The molecule has 0 bridgehead atoms. The lowest BCUT2D eigenvalue weighted by molar-refractivity contribution is -0.123. The first-order valence-corrected chi connectivity index (χ1v) is 7.54. The molecule has 0 heterocycles. The van der Waals surface area contributed by atoms with E-state index < -0.39 is 0 Å². The van der Waals surface area contributed by atoms with Crippen LogP contribution in [-0.4, -0.2) is 32.7 Å². The molecule has 0 unspecified atom stereocenters. The van der Waals surface area contributed by atoms with Gasteiger partial charge >= 0.3 is 0 Å². The molecule has 23 heavy (non-hydrogen) atoms. The Hall–Kier alpha value is -2.27. The lowest BCUT2D eigenvalue weighted by Gasteiger charge is -2.19. The van der Waals surface area contributed by atoms with E-state index in [0.717, 1.165) is 5.69 Å². The third-order valence-corrected chi connectivity index (χ3v) is 3.47. The van der Waals surface area contributed by atoms with E-state index in [0.29, 0.717) is 23.9 Å². The number of likely N-dealkylation sites (N-methyl/N-ethyl adjacent to an activating group) is 1. The Labute approximate surface area is 139 Å². The first-order valence-electron chi connectivity index (χ1n) is 7.16. The van der Waals surface area contributed by atoms with Crippen molar-refractivity contribution in [2.75, 3.05) is 31.6 Å². The van der Waals surface area contributed by atoms with E-state index in [1.165, 1.54) is 24.3 Å². The molecule has 2 aromatic rings. The number of ether oxygens (including phenoxy) is 1. The highest BCUT2D eigenvalue weighted by Gasteiger charge is 2.04. The first kappa shape index (κ1) is 17.1. The van der Waals surface area contributed by atoms with Crippen molar-refractivity contribution in [1.29, 1.82) is 0 Å². The average Bonchev–Trinajstić information content (AvgIpc) is 2.55. The predicted octanol–water partition coefficient (Wildman–Crippen LogP) is 3.11. The second-order valence-corrected chi connectivity index (χ2v) is 5.43. The zero-order valence-corrected chi connectivity index (χ0v) is 13.5. The average molecular weight is 337 g/mol. The summed E-state index contributed by atoms with van der Waals surface area (Å²) < 4.78 is 18.0. The Balaban J connectivity index is 1.68. The number of halogens is 2. The van der Waals surface area contributed by atoms with Crippen molar-refractivity contribution in [2.24, 2.45) is 0 Å². The summed E-state index contributed by atoms with van der Waals surface area (Å²) in [5.74, 6) is -0.106. The summed E-state index contributed by atoms with van der Waals surface area (Å²) in [5, 5.41) is 3.46. The van der Waals surface area contributed by atoms with Gasteiger partial charge < -0.3 is 15.0 Å². The molecule has 0 spiro atoms. The lowest BCUT2D eigenvalue weighted by Crippen LogP contribution is -2.35. The highest BCUT2D eigenvalue weighted by Crippen LogP contribution is 2.16. The van der Waals surface area contributed by atoms with Crippen LogP contribution in [0, 0.1) is 5.82 Å². The zero-order valence-electron chi connectivity index (χ0n) is 12.8. The third kappa shape index (κ3) is 5.79. The first-order chi connectivity index (χ1) is 11.0. The molecule has 1 N–H and O–H groups in total. The Bertz CT molecular complexity index is 632. The molecular weight excluding hydrogens is 319 g/mol. The molecule has 2 rings (SSSR count). The van der Waals surface area contributed by atoms with Crippen LogP contribution in [-0.2, 0) is 4.79 Å². The minimum absolute atomic E-state index is 0.101. The number of anilines is 1. The zero-order chi connectivity index (χ0) is 16.7. The van der Waals surface area contributed by atoms with E-state index in [9.17, 15) is 9.18 Å². The number of amides is 1. The summed E-state index contributed by atoms with van der Waals surface area (Å²) in [4.78, 5) is 13.7. The van der Waals surface area contributed by atoms with Crippen LogP contribution in [0.4, 0.5) is 10.1 Å². The Morgan fingerprint density at radius 3 is 2.48 bits per heavy atom. The molecule has 0 aromatic heterocycles. The Morgan fingerprint density at radius 1 is 1.17 bits per heavy atom. The van der Waals surface area contributed by atoms with Crippen molar-refractivity contribution in [1.82, 2.24) is 5.32 Å². The van der Waals surface area contributed by atoms with Crippen molar-refractivity contribution >= 4 is 23.2 Å². The molecule has 4 nitrogen and oxygen atoms in total. The van der Waals surface area contributed by atoms with Crippen LogP contribution in [0.25, 0.3) is 0 Å². The molecule has 6 heteroatoms. The van der Waals surface area contributed by atoms with Gasteiger partial charge in [0.1, 0.15) is 11.6 Å². The van der Waals surface area contributed by atoms with Crippen LogP contribution in [0.15, 0.2) is 48.5 Å². The Kier molecular flexibility index (Phi) is 6.23. The van der Waals surface area contributed by atoms with E-state index in [-0.39, 0.29) is 18.3 Å². The molecule has 0 aliphatic heterocycles. The summed E-state index contributed by atoms with van der Waals surface area (Å²) >= 11 is 5.85. The highest BCUT2D eigenvalue weighted by molar-refractivity contribution is 6.30. The maximum Gasteiger partial charge on any atom is 0.258 e. The minimum atomic E-state index is -0.341. The highest BCUT2D eigenvalue weighted by atomic mass is 35.5. The molecular formula is C17H18ClFN2O2. The van der Waals surface area contributed by atoms with Crippen molar-refractivity contribution in [3.63, 3.8) is 0 Å². The van der Waals surface area contributed by atoms with Gasteiger partial charge in [-0.25, -0.2) is 4.39 Å². The van der Waals surface area contributed by atoms with Gasteiger partial charge in [-0.05, 0) is 48.5 Å². The van der Waals surface area contributed by atoms with Gasteiger partial charge in [0.2, 0.25) is 0 Å². The van der Waals surface area contributed by atoms with Gasteiger partial charge in [-0.3, -0.25) is 4.79 Å². The topological polar surface area (TPSA) is 41.6 Å². The number of carbonyl (C=O) groups excluding carboxylic acids is 1. The van der Waals surface area contributed by atoms with Gasteiger partial charge in [-0.15, -0.1) is 0 Å². The van der Waals surface area contributed by atoms with Crippen LogP contribution in [0.2, 0.25) is 5.02 Å². The molecule has 0 saturated carbocycles. The number of rotatable bonds is 7. The van der Waals surface area contributed by atoms with Gasteiger partial charge in [0.25, 0.3) is 5.91 Å². The summed E-state index contributed by atoms with van der Waals surface area (Å²) in [5.41, 5.74) is 1.02. The van der Waals surface area contributed by atoms with E-state index in [1.54, 1.807) is 0 Å². The summed E-state index contributed by atoms with van der Waals surface area (Å²) in [6.45, 7) is 1.05. The number of carbonyl (C=O) groups is 1. The molecule has 0 radical (unpaired) electrons. The number of nitrogens with zero attached hydrogens (tertiary/aromatic N) is 1. The van der Waals surface area contributed by atoms with Gasteiger partial charge in [-0.1, -0.05) is 11.6 Å². The van der Waals surface area contributed by atoms with E-state index in [2.05, 4.69) is 5.32 Å². The number of benzene rings is 2. The van der Waals surface area contributed by atoms with Crippen LogP contribution < -0.4 is 15.0 Å². The monoisotopic (exact) mass is 336 g/mol. The molecule has 2 aromatic carbocycles. The Morgan fingerprint density at radius 2 is 1.83 bits per heavy atom. The van der Waals surface area contributed by atoms with Crippen molar-refractivity contribution in [2.45, 2.75) is 0 Å². The van der Waals surface area contributed by atoms with Crippen molar-refractivity contribution in [3.05, 3.63) is 59.4 Å². The van der Waals surface area contributed by atoms with E-state index in [4.69, 9.17) is 16.3 Å². The molecule has 0 aliphatic carbocycles. The number of nitrogens with one attached hydrogen (secondary N) is 1.